The Morgan fingerprint density at radius 2 is 2.00 bits per heavy atom. The van der Waals surface area contributed by atoms with E-state index >= 15 is 0 Å². The molecule has 0 aliphatic heterocycles. The normalized spacial score (nSPS) is 15.8. The molecule has 0 saturated heterocycles. The summed E-state index contributed by atoms with van der Waals surface area (Å²) in [6.07, 6.45) is 2.58. The molecule has 0 fully saturated rings. The zero-order chi connectivity index (χ0) is 14.9. The minimum atomic E-state index is -0.990. The first-order valence-electron chi connectivity index (χ1n) is 6.90. The Bertz CT molecular complexity index is 573. The molecule has 0 amide bonds. The molecular formula is C16H23NO2S. The number of benzene rings is 1. The maximum atomic E-state index is 12.4. The van der Waals surface area contributed by atoms with Gasteiger partial charge in [-0.25, -0.2) is 0 Å². The Morgan fingerprint density at radius 3 is 2.65 bits per heavy atom. The summed E-state index contributed by atoms with van der Waals surface area (Å²) in [5.74, 6) is 0. The predicted molar refractivity (Wildman–Crippen MR) is 85.0 cm³/mol. The summed E-state index contributed by atoms with van der Waals surface area (Å²) in [4.78, 5) is 0. The zero-order valence-electron chi connectivity index (χ0n) is 12.8. The Kier molecular flexibility index (Phi) is 4.47. The van der Waals surface area contributed by atoms with Crippen molar-refractivity contribution in [2.24, 2.45) is 0 Å². The van der Waals surface area contributed by atoms with Gasteiger partial charge in [0, 0.05) is 23.8 Å². The molecule has 0 saturated carbocycles. The van der Waals surface area contributed by atoms with Crippen LogP contribution in [0.2, 0.25) is 0 Å². The first-order chi connectivity index (χ1) is 9.29. The number of likely N-dealkylation sites (N-methyl/N-ethyl adjacent to an activating group) is 1. The number of furan rings is 1. The van der Waals surface area contributed by atoms with Crippen molar-refractivity contribution in [2.45, 2.75) is 44.9 Å². The van der Waals surface area contributed by atoms with E-state index in [1.54, 1.807) is 6.26 Å². The van der Waals surface area contributed by atoms with Crippen LogP contribution in [-0.4, -0.2) is 26.7 Å². The van der Waals surface area contributed by atoms with Crippen LogP contribution in [0.25, 0.3) is 11.0 Å². The third kappa shape index (κ3) is 3.37. The quantitative estimate of drug-likeness (QED) is 0.806. The molecule has 0 aliphatic carbocycles. The number of rotatable bonds is 4. The second-order valence-electron chi connectivity index (χ2n) is 6.25. The van der Waals surface area contributed by atoms with Gasteiger partial charge in [-0.3, -0.25) is 0 Å². The molecule has 1 aromatic heterocycles. The second kappa shape index (κ2) is 5.80. The predicted octanol–water partition coefficient (Wildman–Crippen LogP) is 3.76. The van der Waals surface area contributed by atoms with Crippen LogP contribution < -0.4 is 0 Å². The Morgan fingerprint density at radius 1 is 1.30 bits per heavy atom. The highest BCUT2D eigenvalue weighted by Gasteiger charge is 2.33. The van der Waals surface area contributed by atoms with Crippen molar-refractivity contribution >= 4 is 22.3 Å². The molecule has 1 aromatic carbocycles. The SMILES string of the molecule is CC(Cc1ccc2occc2c1)N(C)[S@@+]([O-])C(C)(C)C. The lowest BCUT2D eigenvalue weighted by Crippen LogP contribution is -2.45. The molecule has 0 radical (unpaired) electrons. The first-order valence-corrected chi connectivity index (χ1v) is 8.00. The number of hydrogen-bond donors (Lipinski definition) is 0. The standard InChI is InChI=1S/C16H23NO2S/c1-12(17(5)20(18)16(2,3)4)10-13-6-7-15-14(11-13)8-9-19-15/h6-9,11-12H,10H2,1-5H3/t12?,20-/m0/s1. The van der Waals surface area contributed by atoms with Crippen molar-refractivity contribution in [2.75, 3.05) is 7.05 Å². The van der Waals surface area contributed by atoms with Crippen molar-refractivity contribution in [1.82, 2.24) is 4.31 Å². The fraction of sp³-hybridized carbons (Fsp3) is 0.500. The van der Waals surface area contributed by atoms with Gasteiger partial charge in [0.2, 0.25) is 0 Å². The molecule has 1 heterocycles. The van der Waals surface area contributed by atoms with E-state index in [1.165, 1.54) is 5.56 Å². The van der Waals surface area contributed by atoms with Crippen LogP contribution in [-0.2, 0) is 17.8 Å². The number of hydrogen-bond acceptors (Lipinski definition) is 3. The Balaban J connectivity index is 2.08. The van der Waals surface area contributed by atoms with E-state index in [0.29, 0.717) is 0 Å². The second-order valence-corrected chi connectivity index (χ2v) is 8.55. The molecule has 0 aliphatic rings. The topological polar surface area (TPSA) is 39.4 Å². The van der Waals surface area contributed by atoms with Crippen LogP contribution >= 0.6 is 0 Å². The molecule has 2 rings (SSSR count). The zero-order valence-corrected chi connectivity index (χ0v) is 13.7. The largest absolute Gasteiger partial charge is 0.598 e. The molecule has 2 aromatic rings. The van der Waals surface area contributed by atoms with Gasteiger partial charge in [0.1, 0.15) is 10.3 Å². The third-order valence-corrected chi connectivity index (χ3v) is 5.38. The Hall–Kier alpha value is -0.970. The highest BCUT2D eigenvalue weighted by atomic mass is 32.2. The van der Waals surface area contributed by atoms with Gasteiger partial charge in [0.05, 0.1) is 12.3 Å². The summed E-state index contributed by atoms with van der Waals surface area (Å²) in [6, 6.07) is 8.41. The van der Waals surface area contributed by atoms with E-state index in [9.17, 15) is 4.55 Å². The number of fused-ring (bicyclic) bond motifs is 1. The average Bonchev–Trinajstić information content (AvgIpc) is 2.83. The van der Waals surface area contributed by atoms with Crippen LogP contribution in [0, 0.1) is 0 Å². The van der Waals surface area contributed by atoms with Crippen molar-refractivity contribution in [3.05, 3.63) is 36.1 Å². The fourth-order valence-corrected chi connectivity index (χ4v) is 3.47. The first kappa shape index (κ1) is 15.4. The van der Waals surface area contributed by atoms with Crippen LogP contribution in [0.15, 0.2) is 34.9 Å². The summed E-state index contributed by atoms with van der Waals surface area (Å²) < 4.78 is 19.5. The molecule has 0 spiro atoms. The van der Waals surface area contributed by atoms with Crippen LogP contribution in [0.1, 0.15) is 33.3 Å². The summed E-state index contributed by atoms with van der Waals surface area (Å²) in [5.41, 5.74) is 2.15. The van der Waals surface area contributed by atoms with Gasteiger partial charge in [0.15, 0.2) is 0 Å². The van der Waals surface area contributed by atoms with E-state index < -0.39 is 11.4 Å². The molecule has 0 N–H and O–H groups in total. The summed E-state index contributed by atoms with van der Waals surface area (Å²) >= 11 is -0.990. The summed E-state index contributed by atoms with van der Waals surface area (Å²) in [5, 5.41) is 1.12. The summed E-state index contributed by atoms with van der Waals surface area (Å²) in [6.45, 7) is 8.13. The highest BCUT2D eigenvalue weighted by Crippen LogP contribution is 2.23. The molecule has 1 unspecified atom stereocenters. The van der Waals surface area contributed by atoms with Crippen LogP contribution in [0.5, 0.6) is 0 Å². The lowest BCUT2D eigenvalue weighted by molar-refractivity contribution is 0.373. The van der Waals surface area contributed by atoms with Crippen molar-refractivity contribution in [3.63, 3.8) is 0 Å². The van der Waals surface area contributed by atoms with Gasteiger partial charge < -0.3 is 8.97 Å². The molecule has 3 nitrogen and oxygen atoms in total. The van der Waals surface area contributed by atoms with Crippen molar-refractivity contribution in [1.29, 1.82) is 0 Å². The minimum absolute atomic E-state index is 0.222. The van der Waals surface area contributed by atoms with E-state index in [2.05, 4.69) is 19.1 Å². The third-order valence-electron chi connectivity index (χ3n) is 3.45. The minimum Gasteiger partial charge on any atom is -0.598 e. The van der Waals surface area contributed by atoms with Gasteiger partial charge in [-0.1, -0.05) is 6.07 Å². The highest BCUT2D eigenvalue weighted by molar-refractivity contribution is 7.90. The van der Waals surface area contributed by atoms with Gasteiger partial charge in [-0.15, -0.1) is 4.31 Å². The molecule has 20 heavy (non-hydrogen) atoms. The lowest BCUT2D eigenvalue weighted by atomic mass is 10.1. The molecule has 0 bridgehead atoms. The lowest BCUT2D eigenvalue weighted by Gasteiger charge is -2.33. The van der Waals surface area contributed by atoms with Crippen molar-refractivity contribution in [3.8, 4) is 0 Å². The van der Waals surface area contributed by atoms with Crippen LogP contribution in [0.3, 0.4) is 0 Å². The molecular weight excluding hydrogens is 270 g/mol. The Labute approximate surface area is 124 Å². The van der Waals surface area contributed by atoms with E-state index in [0.717, 1.165) is 17.4 Å². The monoisotopic (exact) mass is 293 g/mol. The van der Waals surface area contributed by atoms with E-state index in [-0.39, 0.29) is 10.8 Å². The molecule has 110 valence electrons. The van der Waals surface area contributed by atoms with Gasteiger partial charge in [0.25, 0.3) is 0 Å². The van der Waals surface area contributed by atoms with Gasteiger partial charge >= 0.3 is 0 Å². The van der Waals surface area contributed by atoms with Gasteiger partial charge in [-0.05, 0) is 57.9 Å². The van der Waals surface area contributed by atoms with Gasteiger partial charge in [-0.2, -0.15) is 0 Å². The maximum Gasteiger partial charge on any atom is 0.137 e. The molecule has 4 heteroatoms. The average molecular weight is 293 g/mol. The molecule has 2 atom stereocenters. The summed E-state index contributed by atoms with van der Waals surface area (Å²) in [7, 11) is 1.93. The smallest absolute Gasteiger partial charge is 0.137 e. The van der Waals surface area contributed by atoms with Crippen molar-refractivity contribution < 1.29 is 8.97 Å². The number of nitrogens with zero attached hydrogens (tertiary/aromatic N) is 1. The fourth-order valence-electron chi connectivity index (χ4n) is 2.21. The van der Waals surface area contributed by atoms with E-state index in [1.807, 2.05) is 44.3 Å². The van der Waals surface area contributed by atoms with Crippen LogP contribution in [0.4, 0.5) is 0 Å². The maximum absolute atomic E-state index is 12.4. The van der Waals surface area contributed by atoms with E-state index in [4.69, 9.17) is 4.42 Å².